The Hall–Kier alpha value is -1.51. The van der Waals surface area contributed by atoms with Crippen LogP contribution < -0.4 is 5.73 Å². The molecule has 14 heavy (non-hydrogen) atoms. The summed E-state index contributed by atoms with van der Waals surface area (Å²) in [4.78, 5) is 6.70. The highest BCUT2D eigenvalue weighted by molar-refractivity contribution is 5.81. The summed E-state index contributed by atoms with van der Waals surface area (Å²) in [7, 11) is 0. The van der Waals surface area contributed by atoms with Gasteiger partial charge in [0.15, 0.2) is 5.96 Å². The molecule has 0 saturated carbocycles. The lowest BCUT2D eigenvalue weighted by molar-refractivity contribution is 0.181. The molecule has 3 nitrogen and oxygen atoms in total. The van der Waals surface area contributed by atoms with E-state index in [1.807, 2.05) is 6.07 Å². The van der Waals surface area contributed by atoms with E-state index in [2.05, 4.69) is 34.2 Å². The van der Waals surface area contributed by atoms with Gasteiger partial charge in [-0.25, -0.2) is 4.99 Å². The molecule has 1 aromatic carbocycles. The lowest BCUT2D eigenvalue weighted by Gasteiger charge is -2.38. The normalized spacial score (nSPS) is 29.4. The second-order valence-electron chi connectivity index (χ2n) is 3.89. The summed E-state index contributed by atoms with van der Waals surface area (Å²) in [6.07, 6.45) is 1.21. The highest BCUT2D eigenvalue weighted by Crippen LogP contribution is 2.37. The van der Waals surface area contributed by atoms with Crippen LogP contribution in [0.2, 0.25) is 0 Å². The molecule has 2 N–H and O–H groups in total. The third-order valence-corrected chi connectivity index (χ3v) is 3.14. The van der Waals surface area contributed by atoms with Crippen molar-refractivity contribution in [1.82, 2.24) is 4.90 Å². The number of aliphatic imine (C=N–C) groups is 1. The first-order valence-electron chi connectivity index (χ1n) is 5.01. The van der Waals surface area contributed by atoms with Crippen LogP contribution in [0.4, 0.5) is 0 Å². The van der Waals surface area contributed by atoms with E-state index in [9.17, 15) is 0 Å². The SMILES string of the molecule is NC1=N[C@H](c2ccccc2)[C@H]2CCN12. The Morgan fingerprint density at radius 2 is 2.07 bits per heavy atom. The van der Waals surface area contributed by atoms with Crippen LogP contribution in [0.15, 0.2) is 35.3 Å². The molecule has 2 heterocycles. The number of benzene rings is 1. The van der Waals surface area contributed by atoms with Crippen molar-refractivity contribution in [2.45, 2.75) is 18.5 Å². The molecule has 3 heteroatoms. The standard InChI is InChI=1S/C11H13N3/c12-11-13-10(9-6-7-14(9)11)8-4-2-1-3-5-8/h1-5,9-10H,6-7H2,(H2,12,13)/t9-,10-/m1/s1. The van der Waals surface area contributed by atoms with E-state index in [4.69, 9.17) is 5.73 Å². The Kier molecular flexibility index (Phi) is 1.54. The van der Waals surface area contributed by atoms with E-state index < -0.39 is 0 Å². The molecular formula is C11H13N3. The fourth-order valence-electron chi connectivity index (χ4n) is 2.27. The summed E-state index contributed by atoms with van der Waals surface area (Å²) in [5.41, 5.74) is 7.10. The summed E-state index contributed by atoms with van der Waals surface area (Å²) in [6, 6.07) is 11.2. The van der Waals surface area contributed by atoms with Gasteiger partial charge in [0, 0.05) is 6.54 Å². The molecule has 2 atom stereocenters. The smallest absolute Gasteiger partial charge is 0.192 e. The number of hydrogen-bond donors (Lipinski definition) is 1. The maximum Gasteiger partial charge on any atom is 0.192 e. The monoisotopic (exact) mass is 187 g/mol. The summed E-state index contributed by atoms with van der Waals surface area (Å²) in [5, 5.41) is 0. The number of nitrogens with two attached hydrogens (primary N) is 1. The molecular weight excluding hydrogens is 174 g/mol. The fraction of sp³-hybridized carbons (Fsp3) is 0.364. The Morgan fingerprint density at radius 1 is 1.29 bits per heavy atom. The molecule has 0 unspecified atom stereocenters. The summed E-state index contributed by atoms with van der Waals surface area (Å²) in [6.45, 7) is 1.07. The van der Waals surface area contributed by atoms with Gasteiger partial charge in [-0.1, -0.05) is 30.3 Å². The van der Waals surface area contributed by atoms with Crippen LogP contribution in [0.25, 0.3) is 0 Å². The first-order valence-corrected chi connectivity index (χ1v) is 5.01. The average Bonchev–Trinajstić information content (AvgIpc) is 2.37. The lowest BCUT2D eigenvalue weighted by Crippen LogP contribution is -2.51. The van der Waals surface area contributed by atoms with Crippen molar-refractivity contribution in [1.29, 1.82) is 0 Å². The van der Waals surface area contributed by atoms with Crippen molar-refractivity contribution in [3.05, 3.63) is 35.9 Å². The number of nitrogens with zero attached hydrogens (tertiary/aromatic N) is 2. The van der Waals surface area contributed by atoms with Gasteiger partial charge in [-0.15, -0.1) is 0 Å². The van der Waals surface area contributed by atoms with Gasteiger partial charge in [-0.05, 0) is 12.0 Å². The summed E-state index contributed by atoms with van der Waals surface area (Å²) < 4.78 is 0. The van der Waals surface area contributed by atoms with Gasteiger partial charge in [0.2, 0.25) is 0 Å². The van der Waals surface area contributed by atoms with Crippen molar-refractivity contribution in [2.24, 2.45) is 10.7 Å². The minimum absolute atomic E-state index is 0.268. The second-order valence-corrected chi connectivity index (χ2v) is 3.89. The molecule has 1 saturated heterocycles. The lowest BCUT2D eigenvalue weighted by atomic mass is 9.92. The van der Waals surface area contributed by atoms with Crippen LogP contribution in [0.3, 0.4) is 0 Å². The minimum Gasteiger partial charge on any atom is -0.370 e. The van der Waals surface area contributed by atoms with E-state index in [1.165, 1.54) is 12.0 Å². The maximum atomic E-state index is 5.82. The molecule has 1 fully saturated rings. The number of guanidine groups is 1. The van der Waals surface area contributed by atoms with E-state index in [-0.39, 0.29) is 6.04 Å². The first-order chi connectivity index (χ1) is 6.86. The number of fused-ring (bicyclic) bond motifs is 1. The third kappa shape index (κ3) is 0.953. The van der Waals surface area contributed by atoms with E-state index in [1.54, 1.807) is 0 Å². The number of hydrogen-bond acceptors (Lipinski definition) is 3. The maximum absolute atomic E-state index is 5.82. The molecule has 0 aliphatic carbocycles. The number of rotatable bonds is 1. The van der Waals surface area contributed by atoms with E-state index in [0.29, 0.717) is 6.04 Å². The van der Waals surface area contributed by atoms with Gasteiger partial charge in [0.25, 0.3) is 0 Å². The Labute approximate surface area is 83.2 Å². The quantitative estimate of drug-likeness (QED) is 0.716. The van der Waals surface area contributed by atoms with Crippen LogP contribution in [-0.4, -0.2) is 23.4 Å². The molecule has 0 bridgehead atoms. The zero-order chi connectivity index (χ0) is 9.54. The summed E-state index contributed by atoms with van der Waals surface area (Å²) >= 11 is 0. The molecule has 0 spiro atoms. The minimum atomic E-state index is 0.268. The van der Waals surface area contributed by atoms with E-state index in [0.717, 1.165) is 12.5 Å². The zero-order valence-electron chi connectivity index (χ0n) is 7.93. The third-order valence-electron chi connectivity index (χ3n) is 3.14. The van der Waals surface area contributed by atoms with E-state index >= 15 is 0 Å². The van der Waals surface area contributed by atoms with Gasteiger partial charge in [-0.3, -0.25) is 0 Å². The summed E-state index contributed by atoms with van der Waals surface area (Å²) in [5.74, 6) is 0.718. The fourth-order valence-corrected chi connectivity index (χ4v) is 2.27. The second kappa shape index (κ2) is 2.74. The average molecular weight is 187 g/mol. The zero-order valence-corrected chi connectivity index (χ0v) is 7.93. The van der Waals surface area contributed by atoms with Gasteiger partial charge >= 0.3 is 0 Å². The Balaban J connectivity index is 1.94. The predicted octanol–water partition coefficient (Wildman–Crippen LogP) is 1.13. The molecule has 0 amide bonds. The van der Waals surface area contributed by atoms with Crippen LogP contribution in [0.1, 0.15) is 18.0 Å². The Morgan fingerprint density at radius 3 is 2.64 bits per heavy atom. The molecule has 72 valence electrons. The predicted molar refractivity (Wildman–Crippen MR) is 55.9 cm³/mol. The Bertz CT molecular complexity index is 371. The van der Waals surface area contributed by atoms with Crippen molar-refractivity contribution in [2.75, 3.05) is 6.54 Å². The van der Waals surface area contributed by atoms with Crippen molar-refractivity contribution < 1.29 is 0 Å². The van der Waals surface area contributed by atoms with Crippen LogP contribution in [0, 0.1) is 0 Å². The largest absolute Gasteiger partial charge is 0.370 e. The van der Waals surface area contributed by atoms with Crippen molar-refractivity contribution in [3.63, 3.8) is 0 Å². The van der Waals surface area contributed by atoms with Crippen LogP contribution in [0.5, 0.6) is 0 Å². The van der Waals surface area contributed by atoms with Crippen LogP contribution >= 0.6 is 0 Å². The molecule has 0 radical (unpaired) electrons. The van der Waals surface area contributed by atoms with Gasteiger partial charge in [-0.2, -0.15) is 0 Å². The first kappa shape index (κ1) is 7.85. The molecule has 2 aliphatic rings. The topological polar surface area (TPSA) is 41.6 Å². The molecule has 1 aromatic rings. The van der Waals surface area contributed by atoms with Crippen molar-refractivity contribution in [3.8, 4) is 0 Å². The highest BCUT2D eigenvalue weighted by Gasteiger charge is 2.41. The molecule has 3 rings (SSSR count). The molecule has 2 aliphatic heterocycles. The van der Waals surface area contributed by atoms with Crippen LogP contribution in [-0.2, 0) is 0 Å². The molecule has 0 aromatic heterocycles. The van der Waals surface area contributed by atoms with Gasteiger partial charge < -0.3 is 10.6 Å². The van der Waals surface area contributed by atoms with Gasteiger partial charge in [0.05, 0.1) is 12.1 Å². The highest BCUT2D eigenvalue weighted by atomic mass is 15.4. The van der Waals surface area contributed by atoms with Crippen molar-refractivity contribution >= 4 is 5.96 Å². The van der Waals surface area contributed by atoms with Gasteiger partial charge in [0.1, 0.15) is 0 Å².